The van der Waals surface area contributed by atoms with Gasteiger partial charge in [0.2, 0.25) is 11.8 Å². The molecule has 0 aliphatic carbocycles. The van der Waals surface area contributed by atoms with Gasteiger partial charge >= 0.3 is 6.18 Å². The van der Waals surface area contributed by atoms with Crippen molar-refractivity contribution in [3.63, 3.8) is 0 Å². The van der Waals surface area contributed by atoms with Gasteiger partial charge in [-0.1, -0.05) is 5.57 Å². The molecule has 0 saturated carbocycles. The lowest BCUT2D eigenvalue weighted by Gasteiger charge is -2.09. The van der Waals surface area contributed by atoms with Crippen LogP contribution in [-0.4, -0.2) is 16.6 Å². The van der Waals surface area contributed by atoms with E-state index in [9.17, 15) is 13.2 Å². The number of rotatable bonds is 4. The van der Waals surface area contributed by atoms with Crippen LogP contribution in [0, 0.1) is 0 Å². The lowest BCUT2D eigenvalue weighted by molar-refractivity contribution is -0.141. The second-order valence-electron chi connectivity index (χ2n) is 3.50. The molecule has 2 N–H and O–H groups in total. The summed E-state index contributed by atoms with van der Waals surface area (Å²) in [7, 11) is 0. The number of alkyl halides is 3. The predicted molar refractivity (Wildman–Crippen MR) is 56.4 cm³/mol. The molecule has 7 heteroatoms. The second-order valence-corrected chi connectivity index (χ2v) is 3.50. The van der Waals surface area contributed by atoms with Crippen LogP contribution in [0.3, 0.4) is 0 Å². The van der Waals surface area contributed by atoms with Crippen molar-refractivity contribution in [3.8, 4) is 5.88 Å². The third-order valence-electron chi connectivity index (χ3n) is 1.79. The summed E-state index contributed by atoms with van der Waals surface area (Å²) in [5.74, 6) is -0.656. The van der Waals surface area contributed by atoms with Gasteiger partial charge in [-0.2, -0.15) is 18.2 Å². The van der Waals surface area contributed by atoms with E-state index in [4.69, 9.17) is 10.5 Å². The lowest BCUT2D eigenvalue weighted by Crippen LogP contribution is -2.12. The van der Waals surface area contributed by atoms with Crippen molar-refractivity contribution in [2.45, 2.75) is 19.5 Å². The van der Waals surface area contributed by atoms with Crippen LogP contribution in [0.15, 0.2) is 18.2 Å². The van der Waals surface area contributed by atoms with Crippen LogP contribution in [0.5, 0.6) is 5.88 Å². The predicted octanol–water partition coefficient (Wildman–Crippen LogP) is 2.42. The summed E-state index contributed by atoms with van der Waals surface area (Å²) in [6, 6.07) is 0.717. The maximum Gasteiger partial charge on any atom is 0.433 e. The number of halogens is 3. The topological polar surface area (TPSA) is 61.0 Å². The van der Waals surface area contributed by atoms with Crippen LogP contribution < -0.4 is 10.5 Å². The van der Waals surface area contributed by atoms with Crippen molar-refractivity contribution in [1.29, 1.82) is 0 Å². The van der Waals surface area contributed by atoms with Crippen molar-refractivity contribution < 1.29 is 17.9 Å². The maximum absolute atomic E-state index is 12.4. The van der Waals surface area contributed by atoms with E-state index < -0.39 is 17.8 Å². The van der Waals surface area contributed by atoms with Gasteiger partial charge in [0, 0.05) is 12.5 Å². The number of nitrogens with two attached hydrogens (primary N) is 1. The molecule has 0 bridgehead atoms. The van der Waals surface area contributed by atoms with Crippen LogP contribution >= 0.6 is 0 Å². The fourth-order valence-electron chi connectivity index (χ4n) is 0.992. The molecule has 4 nitrogen and oxygen atoms in total. The number of hydrogen-bond donors (Lipinski definition) is 1. The van der Waals surface area contributed by atoms with E-state index in [1.54, 1.807) is 6.92 Å². The van der Waals surface area contributed by atoms with Crippen LogP contribution in [0.4, 0.5) is 19.1 Å². The minimum Gasteiger partial charge on any atom is -0.477 e. The molecule has 1 rings (SSSR count). The summed E-state index contributed by atoms with van der Waals surface area (Å²) < 4.78 is 42.2. The van der Waals surface area contributed by atoms with Crippen LogP contribution in [-0.2, 0) is 6.18 Å². The van der Waals surface area contributed by atoms with E-state index in [1.165, 1.54) is 0 Å². The molecule has 1 heterocycles. The Bertz CT molecular complexity index is 418. The van der Waals surface area contributed by atoms with Gasteiger partial charge in [-0.15, -0.1) is 6.58 Å². The molecule has 0 aliphatic heterocycles. The van der Waals surface area contributed by atoms with Gasteiger partial charge in [0.05, 0.1) is 6.61 Å². The van der Waals surface area contributed by atoms with Gasteiger partial charge in [0.15, 0.2) is 5.69 Å². The average Bonchev–Trinajstić information content (AvgIpc) is 2.14. The Morgan fingerprint density at radius 2 is 2.12 bits per heavy atom. The highest BCUT2D eigenvalue weighted by Crippen LogP contribution is 2.29. The summed E-state index contributed by atoms with van der Waals surface area (Å²) in [5.41, 5.74) is 4.92. The Kier molecular flexibility index (Phi) is 3.93. The Labute approximate surface area is 96.3 Å². The first-order valence-electron chi connectivity index (χ1n) is 4.78. The molecule has 0 saturated heterocycles. The molecule has 0 aromatic carbocycles. The van der Waals surface area contributed by atoms with Gasteiger partial charge in [-0.25, -0.2) is 4.98 Å². The molecule has 0 aliphatic rings. The third kappa shape index (κ3) is 4.29. The summed E-state index contributed by atoms with van der Waals surface area (Å²) in [4.78, 5) is 6.65. The molecule has 17 heavy (non-hydrogen) atoms. The lowest BCUT2D eigenvalue weighted by atomic mass is 10.3. The normalized spacial score (nSPS) is 11.3. The fourth-order valence-corrected chi connectivity index (χ4v) is 0.992. The Morgan fingerprint density at radius 1 is 1.47 bits per heavy atom. The molecule has 0 amide bonds. The second kappa shape index (κ2) is 5.03. The van der Waals surface area contributed by atoms with E-state index in [2.05, 4.69) is 16.5 Å². The van der Waals surface area contributed by atoms with E-state index in [-0.39, 0.29) is 12.5 Å². The molecule has 1 aromatic rings. The van der Waals surface area contributed by atoms with Gasteiger partial charge in [-0.3, -0.25) is 0 Å². The number of nitrogen functional groups attached to an aromatic ring is 1. The maximum atomic E-state index is 12.4. The molecule has 94 valence electrons. The molecule has 0 atom stereocenters. The van der Waals surface area contributed by atoms with E-state index in [0.29, 0.717) is 6.42 Å². The monoisotopic (exact) mass is 247 g/mol. The zero-order valence-electron chi connectivity index (χ0n) is 9.21. The first kappa shape index (κ1) is 13.3. The van der Waals surface area contributed by atoms with Crippen molar-refractivity contribution in [1.82, 2.24) is 9.97 Å². The number of ether oxygens (including phenoxy) is 1. The molecule has 1 aromatic heterocycles. The van der Waals surface area contributed by atoms with Crippen molar-refractivity contribution >= 4 is 5.95 Å². The highest BCUT2D eigenvalue weighted by molar-refractivity contribution is 5.27. The highest BCUT2D eigenvalue weighted by Gasteiger charge is 2.33. The fraction of sp³-hybridized carbons (Fsp3) is 0.400. The zero-order valence-corrected chi connectivity index (χ0v) is 9.21. The number of hydrogen-bond acceptors (Lipinski definition) is 4. The van der Waals surface area contributed by atoms with Crippen LogP contribution in [0.25, 0.3) is 0 Å². The number of anilines is 1. The third-order valence-corrected chi connectivity index (χ3v) is 1.79. The molecule has 0 radical (unpaired) electrons. The zero-order chi connectivity index (χ0) is 13.1. The molecule has 0 fully saturated rings. The van der Waals surface area contributed by atoms with E-state index in [1.807, 2.05) is 0 Å². The van der Waals surface area contributed by atoms with Crippen molar-refractivity contribution in [2.75, 3.05) is 12.3 Å². The van der Waals surface area contributed by atoms with E-state index in [0.717, 1.165) is 11.6 Å². The summed E-state index contributed by atoms with van der Waals surface area (Å²) in [5, 5.41) is 0. The molecular weight excluding hydrogens is 235 g/mol. The molecular formula is C10H12F3N3O. The SMILES string of the molecule is C=C(C)CCOc1cc(C(F)(F)F)nc(N)n1. The smallest absolute Gasteiger partial charge is 0.433 e. The van der Waals surface area contributed by atoms with E-state index >= 15 is 0 Å². The van der Waals surface area contributed by atoms with Gasteiger partial charge in [-0.05, 0) is 6.92 Å². The standard InChI is InChI=1S/C10H12F3N3O/c1-6(2)3-4-17-8-5-7(10(11,12)13)15-9(14)16-8/h5H,1,3-4H2,2H3,(H2,14,15,16). The minimum absolute atomic E-state index is 0.189. The summed E-state index contributed by atoms with van der Waals surface area (Å²) >= 11 is 0. The Morgan fingerprint density at radius 3 is 2.65 bits per heavy atom. The first-order chi connectivity index (χ1) is 7.79. The van der Waals surface area contributed by atoms with Gasteiger partial charge in [0.1, 0.15) is 0 Å². The summed E-state index contributed by atoms with van der Waals surface area (Å²) in [6.07, 6.45) is -4.03. The van der Waals surface area contributed by atoms with Gasteiger partial charge in [0.25, 0.3) is 0 Å². The summed E-state index contributed by atoms with van der Waals surface area (Å²) in [6.45, 7) is 5.63. The van der Waals surface area contributed by atoms with Crippen molar-refractivity contribution in [2.24, 2.45) is 0 Å². The molecule has 0 unspecified atom stereocenters. The van der Waals surface area contributed by atoms with Crippen LogP contribution in [0.2, 0.25) is 0 Å². The average molecular weight is 247 g/mol. The quantitative estimate of drug-likeness (QED) is 0.830. The number of aromatic nitrogens is 2. The van der Waals surface area contributed by atoms with Crippen LogP contribution in [0.1, 0.15) is 19.0 Å². The first-order valence-corrected chi connectivity index (χ1v) is 4.78. The van der Waals surface area contributed by atoms with Crippen molar-refractivity contribution in [3.05, 3.63) is 23.9 Å². The Hall–Kier alpha value is -1.79. The largest absolute Gasteiger partial charge is 0.477 e. The number of nitrogens with zero attached hydrogens (tertiary/aromatic N) is 2. The Balaban J connectivity index is 2.79. The molecule has 0 spiro atoms. The minimum atomic E-state index is -4.57. The van der Waals surface area contributed by atoms with Gasteiger partial charge < -0.3 is 10.5 Å². The highest BCUT2D eigenvalue weighted by atomic mass is 19.4.